The molecule has 2 unspecified atom stereocenters. The molecule has 0 radical (unpaired) electrons. The number of aryl methyl sites for hydroxylation is 1. The van der Waals surface area contributed by atoms with Gasteiger partial charge < -0.3 is 5.73 Å². The van der Waals surface area contributed by atoms with Crippen LogP contribution in [0.1, 0.15) is 37.3 Å². The molecule has 1 aliphatic rings. The van der Waals surface area contributed by atoms with Gasteiger partial charge in [0.1, 0.15) is 0 Å². The van der Waals surface area contributed by atoms with Crippen molar-refractivity contribution in [3.63, 3.8) is 0 Å². The second-order valence-corrected chi connectivity index (χ2v) is 7.49. The Bertz CT molecular complexity index is 662. The van der Waals surface area contributed by atoms with E-state index in [0.717, 1.165) is 19.3 Å². The third kappa shape index (κ3) is 3.10. The minimum Gasteiger partial charge on any atom is -0.326 e. The Morgan fingerprint density at radius 1 is 1.43 bits per heavy atom. The fraction of sp³-hybridized carbons (Fsp3) is 0.533. The van der Waals surface area contributed by atoms with Crippen molar-refractivity contribution >= 4 is 10.0 Å². The molecule has 5 nitrogen and oxygen atoms in total. The van der Waals surface area contributed by atoms with E-state index in [4.69, 9.17) is 11.0 Å². The van der Waals surface area contributed by atoms with Crippen molar-refractivity contribution in [1.82, 2.24) is 4.31 Å². The maximum Gasteiger partial charge on any atom is 0.243 e. The van der Waals surface area contributed by atoms with Crippen LogP contribution in [0, 0.1) is 18.3 Å². The van der Waals surface area contributed by atoms with Crippen LogP contribution in [0.2, 0.25) is 0 Å². The molecule has 1 aromatic rings. The van der Waals surface area contributed by atoms with E-state index >= 15 is 0 Å². The van der Waals surface area contributed by atoms with Gasteiger partial charge in [-0.2, -0.15) is 9.57 Å². The molecule has 1 saturated heterocycles. The summed E-state index contributed by atoms with van der Waals surface area (Å²) in [6.45, 7) is 4.08. The maximum absolute atomic E-state index is 12.9. The first-order chi connectivity index (χ1) is 9.87. The molecule has 2 atom stereocenters. The number of nitrogens with two attached hydrogens (primary N) is 1. The number of sulfonamides is 1. The minimum atomic E-state index is -3.57. The van der Waals surface area contributed by atoms with Crippen LogP contribution in [0.4, 0.5) is 0 Å². The zero-order valence-electron chi connectivity index (χ0n) is 12.4. The SMILES string of the molecule is Cc1cc(C#N)ccc1S(=O)(=O)N1CCCCC1C(C)N. The first kappa shape index (κ1) is 16.0. The van der Waals surface area contributed by atoms with Gasteiger partial charge >= 0.3 is 0 Å². The normalized spacial score (nSPS) is 21.7. The van der Waals surface area contributed by atoms with Crippen LogP contribution in [0.5, 0.6) is 0 Å². The molecule has 0 bridgehead atoms. The van der Waals surface area contributed by atoms with Crippen molar-refractivity contribution in [1.29, 1.82) is 5.26 Å². The van der Waals surface area contributed by atoms with E-state index < -0.39 is 10.0 Å². The highest BCUT2D eigenvalue weighted by atomic mass is 32.2. The van der Waals surface area contributed by atoms with Crippen molar-refractivity contribution in [2.24, 2.45) is 5.73 Å². The van der Waals surface area contributed by atoms with Crippen molar-refractivity contribution in [2.45, 2.75) is 50.1 Å². The lowest BCUT2D eigenvalue weighted by molar-refractivity contribution is 0.227. The van der Waals surface area contributed by atoms with Gasteiger partial charge in [-0.3, -0.25) is 0 Å². The summed E-state index contributed by atoms with van der Waals surface area (Å²) in [5, 5.41) is 8.89. The van der Waals surface area contributed by atoms with Crippen LogP contribution in [0.25, 0.3) is 0 Å². The molecule has 21 heavy (non-hydrogen) atoms. The third-order valence-corrected chi connectivity index (χ3v) is 6.08. The van der Waals surface area contributed by atoms with Gasteiger partial charge in [0.25, 0.3) is 0 Å². The summed E-state index contributed by atoms with van der Waals surface area (Å²) in [5.41, 5.74) is 7.03. The molecule has 0 saturated carbocycles. The second kappa shape index (κ2) is 6.14. The highest BCUT2D eigenvalue weighted by molar-refractivity contribution is 7.89. The first-order valence-corrected chi connectivity index (χ1v) is 8.60. The Morgan fingerprint density at radius 3 is 2.71 bits per heavy atom. The molecule has 2 N–H and O–H groups in total. The van der Waals surface area contributed by atoms with Gasteiger partial charge in [-0.05, 0) is 50.5 Å². The van der Waals surface area contributed by atoms with E-state index in [2.05, 4.69) is 0 Å². The molecule has 0 amide bonds. The lowest BCUT2D eigenvalue weighted by Crippen LogP contribution is -2.51. The molecular formula is C15H21N3O2S. The summed E-state index contributed by atoms with van der Waals surface area (Å²) in [5.74, 6) is 0. The highest BCUT2D eigenvalue weighted by Crippen LogP contribution is 2.28. The number of rotatable bonds is 3. The molecular weight excluding hydrogens is 286 g/mol. The number of nitrogens with zero attached hydrogens (tertiary/aromatic N) is 2. The van der Waals surface area contributed by atoms with E-state index in [-0.39, 0.29) is 17.0 Å². The predicted octanol–water partition coefficient (Wildman–Crippen LogP) is 1.76. The summed E-state index contributed by atoms with van der Waals surface area (Å²) >= 11 is 0. The van der Waals surface area contributed by atoms with Gasteiger partial charge in [-0.1, -0.05) is 6.42 Å². The molecule has 0 aliphatic carbocycles. The largest absolute Gasteiger partial charge is 0.326 e. The number of hydrogen-bond acceptors (Lipinski definition) is 4. The summed E-state index contributed by atoms with van der Waals surface area (Å²) in [7, 11) is -3.57. The number of benzene rings is 1. The van der Waals surface area contributed by atoms with Crippen LogP contribution < -0.4 is 5.73 Å². The lowest BCUT2D eigenvalue weighted by Gasteiger charge is -2.37. The van der Waals surface area contributed by atoms with Crippen molar-refractivity contribution in [3.8, 4) is 6.07 Å². The molecule has 1 aromatic carbocycles. The highest BCUT2D eigenvalue weighted by Gasteiger charge is 2.35. The van der Waals surface area contributed by atoms with Crippen LogP contribution >= 0.6 is 0 Å². The van der Waals surface area contributed by atoms with Crippen LogP contribution in [-0.4, -0.2) is 31.4 Å². The molecule has 0 aromatic heterocycles. The smallest absolute Gasteiger partial charge is 0.243 e. The number of nitriles is 1. The zero-order valence-corrected chi connectivity index (χ0v) is 13.2. The molecule has 2 rings (SSSR count). The van der Waals surface area contributed by atoms with E-state index in [0.29, 0.717) is 17.7 Å². The Morgan fingerprint density at radius 2 is 2.14 bits per heavy atom. The van der Waals surface area contributed by atoms with Crippen LogP contribution in [0.3, 0.4) is 0 Å². The summed E-state index contributed by atoms with van der Waals surface area (Å²) in [6.07, 6.45) is 2.66. The molecule has 114 valence electrons. The van der Waals surface area contributed by atoms with Gasteiger partial charge in [-0.15, -0.1) is 0 Å². The standard InChI is InChI=1S/C15H21N3O2S/c1-11-9-13(10-16)6-7-15(11)21(19,20)18-8-4-3-5-14(18)12(2)17/h6-7,9,12,14H,3-5,8,17H2,1-2H3. The van der Waals surface area contributed by atoms with E-state index in [1.807, 2.05) is 13.0 Å². The monoisotopic (exact) mass is 307 g/mol. The third-order valence-electron chi connectivity index (χ3n) is 4.00. The maximum atomic E-state index is 12.9. The summed E-state index contributed by atoms with van der Waals surface area (Å²) < 4.78 is 27.4. The van der Waals surface area contributed by atoms with Crippen molar-refractivity contribution in [2.75, 3.05) is 6.54 Å². The summed E-state index contributed by atoms with van der Waals surface area (Å²) in [6, 6.07) is 6.35. The molecule has 6 heteroatoms. The van der Waals surface area contributed by atoms with Crippen molar-refractivity contribution in [3.05, 3.63) is 29.3 Å². The summed E-state index contributed by atoms with van der Waals surface area (Å²) in [4.78, 5) is 0.272. The molecule has 1 fully saturated rings. The molecule has 0 spiro atoms. The quantitative estimate of drug-likeness (QED) is 0.921. The average molecular weight is 307 g/mol. The Kier molecular flexibility index (Phi) is 4.67. The van der Waals surface area contributed by atoms with Gasteiger partial charge in [0.05, 0.1) is 16.5 Å². The van der Waals surface area contributed by atoms with E-state index in [9.17, 15) is 8.42 Å². The zero-order chi connectivity index (χ0) is 15.6. The van der Waals surface area contributed by atoms with E-state index in [1.54, 1.807) is 19.1 Å². The Labute approximate surface area is 126 Å². The van der Waals surface area contributed by atoms with Gasteiger partial charge in [-0.25, -0.2) is 8.42 Å². The van der Waals surface area contributed by atoms with Gasteiger partial charge in [0.2, 0.25) is 10.0 Å². The first-order valence-electron chi connectivity index (χ1n) is 7.16. The molecule has 1 heterocycles. The van der Waals surface area contributed by atoms with Gasteiger partial charge in [0, 0.05) is 18.6 Å². The predicted molar refractivity (Wildman–Crippen MR) is 81.1 cm³/mol. The second-order valence-electron chi connectivity index (χ2n) is 5.63. The Balaban J connectivity index is 2.43. The Hall–Kier alpha value is -1.42. The fourth-order valence-electron chi connectivity index (χ4n) is 2.89. The van der Waals surface area contributed by atoms with E-state index in [1.165, 1.54) is 10.4 Å². The van der Waals surface area contributed by atoms with Gasteiger partial charge in [0.15, 0.2) is 0 Å². The van der Waals surface area contributed by atoms with Crippen LogP contribution in [-0.2, 0) is 10.0 Å². The van der Waals surface area contributed by atoms with Crippen molar-refractivity contribution < 1.29 is 8.42 Å². The molecule has 1 aliphatic heterocycles. The topological polar surface area (TPSA) is 87.2 Å². The number of piperidine rings is 1. The lowest BCUT2D eigenvalue weighted by atomic mass is 10.00. The number of hydrogen-bond donors (Lipinski definition) is 1. The fourth-order valence-corrected chi connectivity index (χ4v) is 4.87. The van der Waals surface area contributed by atoms with Crippen LogP contribution in [0.15, 0.2) is 23.1 Å². The minimum absolute atomic E-state index is 0.154. The average Bonchev–Trinajstić information content (AvgIpc) is 2.46.